The van der Waals surface area contributed by atoms with Crippen LogP contribution < -0.4 is 5.32 Å². The van der Waals surface area contributed by atoms with Crippen molar-refractivity contribution in [3.63, 3.8) is 0 Å². The minimum absolute atomic E-state index is 0.0904. The monoisotopic (exact) mass is 200 g/mol. The minimum Gasteiger partial charge on any atom is -0.465 e. The molecule has 1 heterocycles. The van der Waals surface area contributed by atoms with Gasteiger partial charge in [0, 0.05) is 13.1 Å². The third-order valence-electron chi connectivity index (χ3n) is 2.42. The number of hydrogen-bond donors (Lipinski definition) is 2. The van der Waals surface area contributed by atoms with Gasteiger partial charge in [-0.1, -0.05) is 6.92 Å². The topological polar surface area (TPSA) is 69.6 Å². The summed E-state index contributed by atoms with van der Waals surface area (Å²) in [6, 6.07) is -0.578. The third-order valence-corrected chi connectivity index (χ3v) is 2.42. The molecule has 0 bridgehead atoms. The second kappa shape index (κ2) is 4.83. The molecule has 2 N–H and O–H groups in total. The quantitative estimate of drug-likeness (QED) is 0.703. The SMILES string of the molecule is CCC(NC(=O)O)C(=O)N1CCCC1. The number of nitrogens with one attached hydrogen (secondary N) is 1. The number of carbonyl (C=O) groups excluding carboxylic acids is 1. The third kappa shape index (κ3) is 2.61. The van der Waals surface area contributed by atoms with E-state index in [1.165, 1.54) is 0 Å². The van der Waals surface area contributed by atoms with Crippen molar-refractivity contribution in [2.24, 2.45) is 0 Å². The van der Waals surface area contributed by atoms with Crippen LogP contribution in [0.2, 0.25) is 0 Å². The molecule has 5 nitrogen and oxygen atoms in total. The molecule has 1 fully saturated rings. The van der Waals surface area contributed by atoms with Crippen LogP contribution in [0.25, 0.3) is 0 Å². The molecule has 0 radical (unpaired) electrons. The van der Waals surface area contributed by atoms with E-state index >= 15 is 0 Å². The van der Waals surface area contributed by atoms with Gasteiger partial charge in [-0.15, -0.1) is 0 Å². The fourth-order valence-electron chi connectivity index (χ4n) is 1.65. The van der Waals surface area contributed by atoms with Gasteiger partial charge in [0.2, 0.25) is 5.91 Å². The molecule has 0 aliphatic carbocycles. The summed E-state index contributed by atoms with van der Waals surface area (Å²) >= 11 is 0. The van der Waals surface area contributed by atoms with E-state index in [9.17, 15) is 9.59 Å². The Bertz CT molecular complexity index is 224. The van der Waals surface area contributed by atoms with Gasteiger partial charge in [-0.3, -0.25) is 4.79 Å². The van der Waals surface area contributed by atoms with Gasteiger partial charge in [-0.2, -0.15) is 0 Å². The summed E-state index contributed by atoms with van der Waals surface area (Å²) < 4.78 is 0. The minimum atomic E-state index is -1.13. The van der Waals surface area contributed by atoms with Crippen LogP contribution >= 0.6 is 0 Å². The number of carbonyl (C=O) groups is 2. The van der Waals surface area contributed by atoms with Crippen molar-refractivity contribution in [3.05, 3.63) is 0 Å². The fourth-order valence-corrected chi connectivity index (χ4v) is 1.65. The Hall–Kier alpha value is -1.26. The van der Waals surface area contributed by atoms with Crippen molar-refractivity contribution >= 4 is 12.0 Å². The number of hydrogen-bond acceptors (Lipinski definition) is 2. The zero-order valence-corrected chi connectivity index (χ0v) is 8.32. The molecule has 0 aromatic heterocycles. The van der Waals surface area contributed by atoms with E-state index < -0.39 is 12.1 Å². The van der Waals surface area contributed by atoms with E-state index in [-0.39, 0.29) is 5.91 Å². The van der Waals surface area contributed by atoms with Crippen molar-refractivity contribution in [2.45, 2.75) is 32.2 Å². The summed E-state index contributed by atoms with van der Waals surface area (Å²) in [6.07, 6.45) is 1.41. The second-order valence-corrected chi connectivity index (χ2v) is 3.44. The van der Waals surface area contributed by atoms with Gasteiger partial charge in [-0.05, 0) is 19.3 Å². The molecular weight excluding hydrogens is 184 g/mol. The highest BCUT2D eigenvalue weighted by Crippen LogP contribution is 2.10. The van der Waals surface area contributed by atoms with Gasteiger partial charge >= 0.3 is 6.09 Å². The zero-order valence-electron chi connectivity index (χ0n) is 8.32. The molecule has 1 unspecified atom stereocenters. The van der Waals surface area contributed by atoms with Crippen molar-refractivity contribution in [2.75, 3.05) is 13.1 Å². The maximum atomic E-state index is 11.7. The molecule has 1 atom stereocenters. The lowest BCUT2D eigenvalue weighted by molar-refractivity contribution is -0.132. The van der Waals surface area contributed by atoms with E-state index in [2.05, 4.69) is 5.32 Å². The molecule has 2 amide bonds. The van der Waals surface area contributed by atoms with Gasteiger partial charge < -0.3 is 15.3 Å². The lowest BCUT2D eigenvalue weighted by atomic mass is 10.2. The number of carboxylic acid groups (broad SMARTS) is 1. The molecule has 0 aromatic rings. The van der Waals surface area contributed by atoms with Crippen LogP contribution in [0.15, 0.2) is 0 Å². The van der Waals surface area contributed by atoms with Gasteiger partial charge in [-0.25, -0.2) is 4.79 Å². The average Bonchev–Trinajstić information content (AvgIpc) is 2.65. The first-order valence-electron chi connectivity index (χ1n) is 4.93. The van der Waals surface area contributed by atoms with Crippen molar-refractivity contribution in [1.82, 2.24) is 10.2 Å². The predicted octanol–water partition coefficient (Wildman–Crippen LogP) is 0.655. The summed E-state index contributed by atoms with van der Waals surface area (Å²) in [5.41, 5.74) is 0. The highest BCUT2D eigenvalue weighted by Gasteiger charge is 2.25. The van der Waals surface area contributed by atoms with Crippen LogP contribution in [-0.2, 0) is 4.79 Å². The van der Waals surface area contributed by atoms with Crippen LogP contribution in [0.5, 0.6) is 0 Å². The van der Waals surface area contributed by atoms with E-state index in [1.54, 1.807) is 11.8 Å². The van der Waals surface area contributed by atoms with Gasteiger partial charge in [0.05, 0.1) is 0 Å². The number of nitrogens with zero attached hydrogens (tertiary/aromatic N) is 1. The molecule has 1 aliphatic rings. The maximum absolute atomic E-state index is 11.7. The first-order chi connectivity index (χ1) is 6.65. The second-order valence-electron chi connectivity index (χ2n) is 3.44. The lowest BCUT2D eigenvalue weighted by Crippen LogP contribution is -2.46. The molecule has 14 heavy (non-hydrogen) atoms. The van der Waals surface area contributed by atoms with Crippen LogP contribution in [0, 0.1) is 0 Å². The van der Waals surface area contributed by atoms with Crippen molar-refractivity contribution in [3.8, 4) is 0 Å². The van der Waals surface area contributed by atoms with E-state index in [0.29, 0.717) is 6.42 Å². The zero-order chi connectivity index (χ0) is 10.6. The van der Waals surface area contributed by atoms with E-state index in [1.807, 2.05) is 0 Å². The average molecular weight is 200 g/mol. The first kappa shape index (κ1) is 10.8. The van der Waals surface area contributed by atoms with Crippen molar-refractivity contribution in [1.29, 1.82) is 0 Å². The number of likely N-dealkylation sites (tertiary alicyclic amines) is 1. The summed E-state index contributed by atoms with van der Waals surface area (Å²) in [7, 11) is 0. The molecule has 0 aromatic carbocycles. The molecular formula is C9H16N2O3. The largest absolute Gasteiger partial charge is 0.465 e. The number of amides is 2. The molecule has 5 heteroatoms. The highest BCUT2D eigenvalue weighted by molar-refractivity contribution is 5.85. The van der Waals surface area contributed by atoms with Crippen LogP contribution in [0.3, 0.4) is 0 Å². The van der Waals surface area contributed by atoms with Gasteiger partial charge in [0.25, 0.3) is 0 Å². The Labute approximate surface area is 83.1 Å². The number of rotatable bonds is 3. The molecule has 1 aliphatic heterocycles. The Morgan fingerprint density at radius 1 is 1.43 bits per heavy atom. The van der Waals surface area contributed by atoms with Crippen LogP contribution in [0.4, 0.5) is 4.79 Å². The molecule has 1 saturated heterocycles. The van der Waals surface area contributed by atoms with Crippen LogP contribution in [-0.4, -0.2) is 41.1 Å². The van der Waals surface area contributed by atoms with E-state index in [4.69, 9.17) is 5.11 Å². The molecule has 0 saturated carbocycles. The summed E-state index contributed by atoms with van der Waals surface area (Å²) in [5, 5.41) is 10.8. The molecule has 0 spiro atoms. The van der Waals surface area contributed by atoms with Gasteiger partial charge in [0.1, 0.15) is 6.04 Å². The Morgan fingerprint density at radius 2 is 2.00 bits per heavy atom. The Morgan fingerprint density at radius 3 is 2.43 bits per heavy atom. The standard InChI is InChI=1S/C9H16N2O3/c1-2-7(10-9(13)14)8(12)11-5-3-4-6-11/h7,10H,2-6H2,1H3,(H,13,14). The summed E-state index contributed by atoms with van der Waals surface area (Å²) in [4.78, 5) is 23.8. The molecule has 80 valence electrons. The maximum Gasteiger partial charge on any atom is 0.405 e. The Kier molecular flexibility index (Phi) is 3.73. The molecule has 1 rings (SSSR count). The predicted molar refractivity (Wildman–Crippen MR) is 51.1 cm³/mol. The summed E-state index contributed by atoms with van der Waals surface area (Å²) in [6.45, 7) is 3.32. The highest BCUT2D eigenvalue weighted by atomic mass is 16.4. The lowest BCUT2D eigenvalue weighted by Gasteiger charge is -2.21. The van der Waals surface area contributed by atoms with Crippen LogP contribution in [0.1, 0.15) is 26.2 Å². The summed E-state index contributed by atoms with van der Waals surface area (Å²) in [5.74, 6) is -0.0904. The normalized spacial score (nSPS) is 17.9. The fraction of sp³-hybridized carbons (Fsp3) is 0.778. The Balaban J connectivity index is 2.50. The first-order valence-corrected chi connectivity index (χ1v) is 4.93. The van der Waals surface area contributed by atoms with Gasteiger partial charge in [0.15, 0.2) is 0 Å². The smallest absolute Gasteiger partial charge is 0.405 e. The van der Waals surface area contributed by atoms with E-state index in [0.717, 1.165) is 25.9 Å². The van der Waals surface area contributed by atoms with Crippen molar-refractivity contribution < 1.29 is 14.7 Å².